The van der Waals surface area contributed by atoms with Crippen LogP contribution >= 0.6 is 0 Å². The summed E-state index contributed by atoms with van der Waals surface area (Å²) in [5, 5.41) is 14.7. The van der Waals surface area contributed by atoms with Crippen molar-refractivity contribution in [2.45, 2.75) is 25.3 Å². The molecule has 0 radical (unpaired) electrons. The van der Waals surface area contributed by atoms with Crippen LogP contribution in [0.2, 0.25) is 0 Å². The zero-order valence-corrected chi connectivity index (χ0v) is 15.3. The quantitative estimate of drug-likeness (QED) is 0.719. The van der Waals surface area contributed by atoms with E-state index >= 15 is 0 Å². The van der Waals surface area contributed by atoms with E-state index in [1.165, 1.54) is 17.1 Å². The molecule has 0 spiro atoms. The Kier molecular flexibility index (Phi) is 4.99. The lowest BCUT2D eigenvalue weighted by Gasteiger charge is -2.22. The molecule has 146 valence electrons. The Morgan fingerprint density at radius 1 is 1.03 bits per heavy atom. The van der Waals surface area contributed by atoms with Gasteiger partial charge in [-0.25, -0.2) is 9.40 Å². The molecule has 3 aromatic rings. The number of aliphatic carboxylic acids is 1. The first-order valence-electron chi connectivity index (χ1n) is 9.09. The summed E-state index contributed by atoms with van der Waals surface area (Å²) in [6.07, 6.45) is 3.20. The van der Waals surface area contributed by atoms with Crippen LogP contribution in [0, 0.1) is 5.82 Å². The topological polar surface area (TPSA) is 95.8 Å². The number of benzene rings is 2. The van der Waals surface area contributed by atoms with E-state index in [1.807, 2.05) is 18.2 Å². The zero-order valence-electron chi connectivity index (χ0n) is 15.3. The van der Waals surface area contributed by atoms with Gasteiger partial charge >= 0.3 is 5.97 Å². The van der Waals surface area contributed by atoms with Crippen LogP contribution < -0.4 is 0 Å². The lowest BCUT2D eigenvalue weighted by molar-refractivity contribution is -0.141. The fourth-order valence-corrected chi connectivity index (χ4v) is 3.33. The molecule has 0 fully saturated rings. The predicted octanol–water partition coefficient (Wildman–Crippen LogP) is 3.31. The molecule has 2 aromatic carbocycles. The summed E-state index contributed by atoms with van der Waals surface area (Å²) in [5.41, 5.74) is 3.60. The maximum Gasteiger partial charge on any atom is 0.303 e. The molecule has 29 heavy (non-hydrogen) atoms. The molecular formula is C21H17FN4O3. The molecule has 1 aromatic heterocycles. The molecule has 1 atom stereocenters. The van der Waals surface area contributed by atoms with E-state index in [2.05, 4.69) is 15.1 Å². The van der Waals surface area contributed by atoms with Gasteiger partial charge in [-0.3, -0.25) is 19.6 Å². The molecule has 1 aliphatic rings. The van der Waals surface area contributed by atoms with Crippen LogP contribution in [0.25, 0.3) is 11.0 Å². The van der Waals surface area contributed by atoms with E-state index in [1.54, 1.807) is 24.5 Å². The van der Waals surface area contributed by atoms with Gasteiger partial charge in [-0.2, -0.15) is 5.10 Å². The highest BCUT2D eigenvalue weighted by Gasteiger charge is 2.33. The second-order valence-electron chi connectivity index (χ2n) is 6.71. The van der Waals surface area contributed by atoms with Crippen molar-refractivity contribution in [1.82, 2.24) is 15.0 Å². The summed E-state index contributed by atoms with van der Waals surface area (Å²) in [6, 6.07) is 11.1. The van der Waals surface area contributed by atoms with E-state index < -0.39 is 12.0 Å². The Morgan fingerprint density at radius 3 is 2.48 bits per heavy atom. The molecule has 7 nitrogen and oxygen atoms in total. The number of fused-ring (bicyclic) bond motifs is 1. The van der Waals surface area contributed by atoms with E-state index in [-0.39, 0.29) is 24.6 Å². The summed E-state index contributed by atoms with van der Waals surface area (Å²) in [6.45, 7) is 0. The van der Waals surface area contributed by atoms with Gasteiger partial charge in [0.15, 0.2) is 0 Å². The van der Waals surface area contributed by atoms with Crippen LogP contribution in [0.5, 0.6) is 0 Å². The fraction of sp³-hybridized carbons (Fsp3) is 0.190. The van der Waals surface area contributed by atoms with Crippen LogP contribution in [0.15, 0.2) is 60.0 Å². The Labute approximate surface area is 165 Å². The first-order valence-corrected chi connectivity index (χ1v) is 9.09. The Hall–Kier alpha value is -3.68. The lowest BCUT2D eigenvalue weighted by Crippen LogP contribution is -2.27. The molecule has 4 rings (SSSR count). The van der Waals surface area contributed by atoms with E-state index in [9.17, 15) is 14.0 Å². The summed E-state index contributed by atoms with van der Waals surface area (Å²) in [4.78, 5) is 32.1. The minimum atomic E-state index is -1.04. The first kappa shape index (κ1) is 18.7. The smallest absolute Gasteiger partial charge is 0.303 e. The number of hydrogen-bond donors (Lipinski definition) is 1. The van der Waals surface area contributed by atoms with E-state index in [0.717, 1.165) is 11.1 Å². The van der Waals surface area contributed by atoms with Gasteiger partial charge in [0, 0.05) is 25.2 Å². The highest BCUT2D eigenvalue weighted by atomic mass is 19.1. The lowest BCUT2D eigenvalue weighted by atomic mass is 9.97. The van der Waals surface area contributed by atoms with Gasteiger partial charge < -0.3 is 5.11 Å². The number of hydrogen-bond acceptors (Lipinski definition) is 5. The normalized spacial score (nSPS) is 16.1. The van der Waals surface area contributed by atoms with Crippen LogP contribution in [0.1, 0.15) is 36.4 Å². The molecule has 0 bridgehead atoms. The third-order valence-corrected chi connectivity index (χ3v) is 4.77. The molecule has 1 amide bonds. The fourth-order valence-electron chi connectivity index (χ4n) is 3.33. The second kappa shape index (κ2) is 7.75. The van der Waals surface area contributed by atoms with Gasteiger partial charge in [0.1, 0.15) is 5.82 Å². The summed E-state index contributed by atoms with van der Waals surface area (Å²) in [5.74, 6) is -1.78. The van der Waals surface area contributed by atoms with Gasteiger partial charge in [-0.15, -0.1) is 0 Å². The van der Waals surface area contributed by atoms with E-state index in [4.69, 9.17) is 5.11 Å². The Morgan fingerprint density at radius 2 is 1.76 bits per heavy atom. The standard InChI is InChI=1S/C21H17FN4O3/c22-15-4-1-13(2-5-15)17-12-19(26(25-17)20(27)7-8-21(28)29)14-3-6-16-18(11-14)24-10-9-23-16/h1-6,9-11,19H,7-8,12H2,(H,28,29)/t19-/m0/s1. The highest BCUT2D eigenvalue weighted by Crippen LogP contribution is 2.34. The average Bonchev–Trinajstić information content (AvgIpc) is 3.17. The van der Waals surface area contributed by atoms with Gasteiger partial charge in [0.05, 0.1) is 29.2 Å². The van der Waals surface area contributed by atoms with Crippen molar-refractivity contribution in [2.24, 2.45) is 5.10 Å². The number of halogens is 1. The number of hydrazone groups is 1. The molecule has 1 N–H and O–H groups in total. The molecule has 2 heterocycles. The van der Waals surface area contributed by atoms with Gasteiger partial charge in [-0.05, 0) is 35.4 Å². The van der Waals surface area contributed by atoms with Gasteiger partial charge in [0.25, 0.3) is 0 Å². The second-order valence-corrected chi connectivity index (χ2v) is 6.71. The number of rotatable bonds is 5. The Bertz CT molecular complexity index is 1110. The summed E-state index contributed by atoms with van der Waals surface area (Å²) in [7, 11) is 0. The molecule has 0 aliphatic carbocycles. The third kappa shape index (κ3) is 3.96. The number of carboxylic acids is 1. The molecule has 0 unspecified atom stereocenters. The van der Waals surface area contributed by atoms with Crippen molar-refractivity contribution < 1.29 is 19.1 Å². The summed E-state index contributed by atoms with van der Waals surface area (Å²) < 4.78 is 13.3. The maximum absolute atomic E-state index is 13.3. The number of amides is 1. The molecule has 0 saturated carbocycles. The molecule has 8 heteroatoms. The monoisotopic (exact) mass is 392 g/mol. The average molecular weight is 392 g/mol. The number of aromatic nitrogens is 2. The molecule has 0 saturated heterocycles. The SMILES string of the molecule is O=C(O)CCC(=O)N1N=C(c2ccc(F)cc2)C[C@H]1c1ccc2nccnc2c1. The minimum absolute atomic E-state index is 0.153. The van der Waals surface area contributed by atoms with Crippen molar-refractivity contribution in [1.29, 1.82) is 0 Å². The van der Waals surface area contributed by atoms with Crippen LogP contribution in [-0.2, 0) is 9.59 Å². The van der Waals surface area contributed by atoms with Gasteiger partial charge in [-0.1, -0.05) is 18.2 Å². The van der Waals surface area contributed by atoms with Crippen LogP contribution in [-0.4, -0.2) is 37.7 Å². The van der Waals surface area contributed by atoms with Crippen molar-refractivity contribution >= 4 is 28.6 Å². The maximum atomic E-state index is 13.3. The zero-order chi connectivity index (χ0) is 20.4. The van der Waals surface area contributed by atoms with Gasteiger partial charge in [0.2, 0.25) is 5.91 Å². The van der Waals surface area contributed by atoms with Crippen molar-refractivity contribution in [3.8, 4) is 0 Å². The first-order chi connectivity index (χ1) is 14.0. The third-order valence-electron chi connectivity index (χ3n) is 4.77. The van der Waals surface area contributed by atoms with Crippen molar-refractivity contribution in [3.63, 3.8) is 0 Å². The van der Waals surface area contributed by atoms with Crippen molar-refractivity contribution in [3.05, 3.63) is 71.8 Å². The number of nitrogens with zero attached hydrogens (tertiary/aromatic N) is 4. The number of carbonyl (C=O) groups excluding carboxylic acids is 1. The van der Waals surface area contributed by atoms with Crippen LogP contribution in [0.4, 0.5) is 4.39 Å². The van der Waals surface area contributed by atoms with E-state index in [0.29, 0.717) is 23.2 Å². The Balaban J connectivity index is 1.68. The highest BCUT2D eigenvalue weighted by molar-refractivity contribution is 6.03. The number of carboxylic acid groups (broad SMARTS) is 1. The summed E-state index contributed by atoms with van der Waals surface area (Å²) >= 11 is 0. The predicted molar refractivity (Wildman–Crippen MR) is 104 cm³/mol. The minimum Gasteiger partial charge on any atom is -0.481 e. The number of carbonyl (C=O) groups is 2. The largest absolute Gasteiger partial charge is 0.481 e. The molecule has 1 aliphatic heterocycles. The van der Waals surface area contributed by atoms with Crippen LogP contribution in [0.3, 0.4) is 0 Å². The van der Waals surface area contributed by atoms with Crippen molar-refractivity contribution in [2.75, 3.05) is 0 Å². The molecular weight excluding hydrogens is 375 g/mol.